The number of aromatic nitrogens is 2. The van der Waals surface area contributed by atoms with E-state index in [4.69, 9.17) is 13.9 Å². The molecule has 0 radical (unpaired) electrons. The van der Waals surface area contributed by atoms with Crippen LogP contribution < -0.4 is 14.4 Å². The monoisotopic (exact) mass is 398 g/mol. The third kappa shape index (κ3) is 4.17. The first-order chi connectivity index (χ1) is 14.2. The minimum atomic E-state index is -0.183. The Morgan fingerprint density at radius 1 is 0.966 bits per heavy atom. The Hall–Kier alpha value is -3.13. The maximum absolute atomic E-state index is 14.0. The molecule has 0 bridgehead atoms. The summed E-state index contributed by atoms with van der Waals surface area (Å²) in [5.74, 6) is 2.05. The third-order valence-corrected chi connectivity index (χ3v) is 5.02. The lowest BCUT2D eigenvalue weighted by molar-refractivity contribution is 0.226. The van der Waals surface area contributed by atoms with Crippen molar-refractivity contribution in [2.75, 3.05) is 45.3 Å². The van der Waals surface area contributed by atoms with E-state index in [9.17, 15) is 4.39 Å². The second-order valence-corrected chi connectivity index (χ2v) is 6.79. The smallest absolute Gasteiger partial charge is 0.247 e. The van der Waals surface area contributed by atoms with Crippen LogP contribution in [0.25, 0.3) is 11.5 Å². The summed E-state index contributed by atoms with van der Waals surface area (Å²) in [4.78, 5) is 4.29. The first-order valence-electron chi connectivity index (χ1n) is 9.44. The summed E-state index contributed by atoms with van der Waals surface area (Å²) in [5, 5.41) is 8.33. The average molecular weight is 398 g/mol. The van der Waals surface area contributed by atoms with Gasteiger partial charge in [0.2, 0.25) is 11.8 Å². The fraction of sp³-hybridized carbons (Fsp3) is 0.333. The highest BCUT2D eigenvalue weighted by molar-refractivity contribution is 5.59. The highest BCUT2D eigenvalue weighted by Gasteiger charge is 2.21. The summed E-state index contributed by atoms with van der Waals surface area (Å²) in [7, 11) is 3.18. The van der Waals surface area contributed by atoms with Gasteiger partial charge in [-0.05, 0) is 30.3 Å². The highest BCUT2D eigenvalue weighted by Crippen LogP contribution is 2.31. The van der Waals surface area contributed by atoms with E-state index in [-0.39, 0.29) is 5.82 Å². The molecular weight excluding hydrogens is 375 g/mol. The second-order valence-electron chi connectivity index (χ2n) is 6.79. The van der Waals surface area contributed by atoms with Gasteiger partial charge in [0.15, 0.2) is 11.5 Å². The zero-order chi connectivity index (χ0) is 20.2. The Morgan fingerprint density at radius 2 is 1.72 bits per heavy atom. The largest absolute Gasteiger partial charge is 0.493 e. The van der Waals surface area contributed by atoms with Crippen molar-refractivity contribution in [1.29, 1.82) is 0 Å². The van der Waals surface area contributed by atoms with E-state index >= 15 is 0 Å². The molecule has 1 saturated heterocycles. The molecule has 4 rings (SSSR count). The third-order valence-electron chi connectivity index (χ3n) is 5.02. The van der Waals surface area contributed by atoms with Crippen LogP contribution in [0.5, 0.6) is 11.5 Å². The van der Waals surface area contributed by atoms with Crippen LogP contribution in [0.4, 0.5) is 10.1 Å². The van der Waals surface area contributed by atoms with Gasteiger partial charge in [0.1, 0.15) is 5.82 Å². The lowest BCUT2D eigenvalue weighted by Gasteiger charge is -2.35. The van der Waals surface area contributed by atoms with Crippen molar-refractivity contribution in [1.82, 2.24) is 15.1 Å². The van der Waals surface area contributed by atoms with Gasteiger partial charge in [0.05, 0.1) is 26.5 Å². The van der Waals surface area contributed by atoms with E-state index in [0.717, 1.165) is 31.7 Å². The van der Waals surface area contributed by atoms with Crippen LogP contribution in [0.3, 0.4) is 0 Å². The molecule has 0 atom stereocenters. The van der Waals surface area contributed by atoms with Gasteiger partial charge >= 0.3 is 0 Å². The van der Waals surface area contributed by atoms with Gasteiger partial charge in [-0.25, -0.2) is 4.39 Å². The zero-order valence-corrected chi connectivity index (χ0v) is 16.5. The van der Waals surface area contributed by atoms with Crippen LogP contribution in [-0.4, -0.2) is 55.5 Å². The molecule has 1 aromatic heterocycles. The molecule has 3 aromatic rings. The molecule has 1 fully saturated rings. The Labute approximate surface area is 168 Å². The predicted octanol–water partition coefficient (Wildman–Crippen LogP) is 3.22. The van der Waals surface area contributed by atoms with Crippen LogP contribution >= 0.6 is 0 Å². The topological polar surface area (TPSA) is 63.9 Å². The normalized spacial score (nSPS) is 14.8. The van der Waals surface area contributed by atoms with Gasteiger partial charge in [0, 0.05) is 31.7 Å². The van der Waals surface area contributed by atoms with Gasteiger partial charge < -0.3 is 18.8 Å². The summed E-state index contributed by atoms with van der Waals surface area (Å²) in [6, 6.07) is 12.4. The molecule has 0 saturated carbocycles. The number of methoxy groups -OCH3 is 2. The fourth-order valence-electron chi connectivity index (χ4n) is 3.45. The minimum Gasteiger partial charge on any atom is -0.493 e. The standard InChI is InChI=1S/C21H23FN4O3/c1-27-18-8-7-15(13-19(18)28-2)21-24-23-20(29-21)14-25-9-11-26(12-10-25)17-6-4-3-5-16(17)22/h3-8,13H,9-12,14H2,1-2H3. The molecule has 0 amide bonds. The Kier molecular flexibility index (Phi) is 5.62. The number of piperazine rings is 1. The zero-order valence-electron chi connectivity index (χ0n) is 16.5. The molecule has 2 aromatic carbocycles. The van der Waals surface area contributed by atoms with Crippen molar-refractivity contribution < 1.29 is 18.3 Å². The number of rotatable bonds is 6. The molecule has 0 aliphatic carbocycles. The van der Waals surface area contributed by atoms with E-state index in [1.807, 2.05) is 24.3 Å². The van der Waals surface area contributed by atoms with Crippen molar-refractivity contribution in [3.8, 4) is 23.0 Å². The molecular formula is C21H23FN4O3. The summed E-state index contributed by atoms with van der Waals surface area (Å²) in [6.45, 7) is 3.64. The molecule has 1 aliphatic rings. The number of nitrogens with zero attached hydrogens (tertiary/aromatic N) is 4. The lowest BCUT2D eigenvalue weighted by Crippen LogP contribution is -2.46. The number of halogens is 1. The van der Waals surface area contributed by atoms with Crippen LogP contribution in [0.1, 0.15) is 5.89 Å². The number of hydrogen-bond donors (Lipinski definition) is 0. The Morgan fingerprint density at radius 3 is 2.45 bits per heavy atom. The van der Waals surface area contributed by atoms with E-state index in [0.29, 0.717) is 35.5 Å². The van der Waals surface area contributed by atoms with Crippen LogP contribution in [0, 0.1) is 5.82 Å². The number of para-hydroxylation sites is 1. The van der Waals surface area contributed by atoms with Crippen LogP contribution in [-0.2, 0) is 6.54 Å². The fourth-order valence-corrected chi connectivity index (χ4v) is 3.45. The maximum Gasteiger partial charge on any atom is 0.247 e. The first-order valence-corrected chi connectivity index (χ1v) is 9.44. The molecule has 2 heterocycles. The molecule has 0 spiro atoms. The quantitative estimate of drug-likeness (QED) is 0.632. The number of anilines is 1. The van der Waals surface area contributed by atoms with Gasteiger partial charge in [-0.2, -0.15) is 0 Å². The Bertz CT molecular complexity index is 970. The predicted molar refractivity (Wildman–Crippen MR) is 107 cm³/mol. The average Bonchev–Trinajstić information content (AvgIpc) is 3.23. The molecule has 0 N–H and O–H groups in total. The van der Waals surface area contributed by atoms with E-state index < -0.39 is 0 Å². The lowest BCUT2D eigenvalue weighted by atomic mass is 10.2. The van der Waals surface area contributed by atoms with Crippen LogP contribution in [0.15, 0.2) is 46.9 Å². The summed E-state index contributed by atoms with van der Waals surface area (Å²) in [6.07, 6.45) is 0. The summed E-state index contributed by atoms with van der Waals surface area (Å²) >= 11 is 0. The minimum absolute atomic E-state index is 0.183. The van der Waals surface area contributed by atoms with Gasteiger partial charge in [-0.3, -0.25) is 4.90 Å². The number of benzene rings is 2. The van der Waals surface area contributed by atoms with Crippen LogP contribution in [0.2, 0.25) is 0 Å². The van der Waals surface area contributed by atoms with E-state index in [2.05, 4.69) is 20.0 Å². The van der Waals surface area contributed by atoms with Crippen molar-refractivity contribution in [3.05, 3.63) is 54.2 Å². The summed E-state index contributed by atoms with van der Waals surface area (Å²) in [5.41, 5.74) is 1.42. The van der Waals surface area contributed by atoms with Gasteiger partial charge in [0.25, 0.3) is 0 Å². The highest BCUT2D eigenvalue weighted by atomic mass is 19.1. The van der Waals surface area contributed by atoms with E-state index in [1.54, 1.807) is 26.4 Å². The molecule has 29 heavy (non-hydrogen) atoms. The molecule has 8 heteroatoms. The van der Waals surface area contributed by atoms with Crippen molar-refractivity contribution in [2.45, 2.75) is 6.54 Å². The maximum atomic E-state index is 14.0. The molecule has 1 aliphatic heterocycles. The SMILES string of the molecule is COc1ccc(-c2nnc(CN3CCN(c4ccccc4F)CC3)o2)cc1OC. The number of ether oxygens (including phenoxy) is 2. The molecule has 0 unspecified atom stereocenters. The van der Waals surface area contributed by atoms with Crippen molar-refractivity contribution in [3.63, 3.8) is 0 Å². The second kappa shape index (κ2) is 8.48. The van der Waals surface area contributed by atoms with E-state index in [1.165, 1.54) is 6.07 Å². The van der Waals surface area contributed by atoms with Gasteiger partial charge in [-0.15, -0.1) is 10.2 Å². The molecule has 152 valence electrons. The number of hydrogen-bond acceptors (Lipinski definition) is 7. The Balaban J connectivity index is 1.38. The summed E-state index contributed by atoms with van der Waals surface area (Å²) < 4.78 is 30.4. The van der Waals surface area contributed by atoms with Crippen molar-refractivity contribution >= 4 is 5.69 Å². The van der Waals surface area contributed by atoms with Crippen molar-refractivity contribution in [2.24, 2.45) is 0 Å². The van der Waals surface area contributed by atoms with Gasteiger partial charge in [-0.1, -0.05) is 12.1 Å². The first kappa shape index (κ1) is 19.2. The molecule has 7 nitrogen and oxygen atoms in total.